The molecule has 146 valence electrons. The highest BCUT2D eigenvalue weighted by molar-refractivity contribution is 6.35. The van der Waals surface area contributed by atoms with Crippen LogP contribution in [0.15, 0.2) is 24.8 Å². The van der Waals surface area contributed by atoms with Gasteiger partial charge in [0.2, 0.25) is 11.8 Å². The van der Waals surface area contributed by atoms with Crippen LogP contribution in [0.5, 0.6) is 0 Å². The van der Waals surface area contributed by atoms with Gasteiger partial charge in [0.05, 0.1) is 24.1 Å². The van der Waals surface area contributed by atoms with Gasteiger partial charge in [-0.2, -0.15) is 0 Å². The van der Waals surface area contributed by atoms with Gasteiger partial charge in [-0.1, -0.05) is 29.8 Å². The number of likely N-dealkylation sites (tertiary alicyclic amines) is 1. The molecule has 1 aromatic rings. The topological polar surface area (TPSA) is 49.9 Å². The first-order valence-corrected chi connectivity index (χ1v) is 9.62. The van der Waals surface area contributed by atoms with Crippen molar-refractivity contribution < 1.29 is 18.7 Å². The minimum absolute atomic E-state index is 0.0181. The lowest BCUT2D eigenvalue weighted by atomic mass is 9.95. The Kier molecular flexibility index (Phi) is 6.40. The Morgan fingerprint density at radius 1 is 1.19 bits per heavy atom. The first kappa shape index (κ1) is 20.1. The zero-order chi connectivity index (χ0) is 19.6. The molecule has 0 N–H and O–H groups in total. The number of piperidine rings is 1. The van der Waals surface area contributed by atoms with Crippen molar-refractivity contribution in [2.24, 2.45) is 5.92 Å². The van der Waals surface area contributed by atoms with E-state index in [-0.39, 0.29) is 29.3 Å². The van der Waals surface area contributed by atoms with Gasteiger partial charge in [-0.25, -0.2) is 4.39 Å². The van der Waals surface area contributed by atoms with Crippen molar-refractivity contribution in [3.63, 3.8) is 0 Å². The van der Waals surface area contributed by atoms with E-state index in [9.17, 15) is 14.0 Å². The van der Waals surface area contributed by atoms with Crippen molar-refractivity contribution >= 4 is 35.0 Å². The zero-order valence-electron chi connectivity index (χ0n) is 14.8. The number of morpholine rings is 1. The average Bonchev–Trinajstić information content (AvgIpc) is 2.69. The van der Waals surface area contributed by atoms with Crippen LogP contribution in [0.2, 0.25) is 10.0 Å². The molecule has 0 radical (unpaired) electrons. The summed E-state index contributed by atoms with van der Waals surface area (Å²) in [5.74, 6) is -1.00. The van der Waals surface area contributed by atoms with Gasteiger partial charge in [-0.15, -0.1) is 0 Å². The van der Waals surface area contributed by atoms with E-state index in [1.165, 1.54) is 18.2 Å². The average molecular weight is 415 g/mol. The van der Waals surface area contributed by atoms with Gasteiger partial charge in [0.15, 0.2) is 0 Å². The van der Waals surface area contributed by atoms with Crippen molar-refractivity contribution in [3.8, 4) is 0 Å². The highest BCUT2D eigenvalue weighted by atomic mass is 35.5. The summed E-state index contributed by atoms with van der Waals surface area (Å²) in [5, 5.41) is 0.253. The van der Waals surface area contributed by atoms with Gasteiger partial charge >= 0.3 is 0 Å². The summed E-state index contributed by atoms with van der Waals surface area (Å²) in [5.41, 5.74) is 0.475. The monoisotopic (exact) mass is 414 g/mol. The third kappa shape index (κ3) is 4.45. The molecule has 1 aromatic carbocycles. The zero-order valence-corrected chi connectivity index (χ0v) is 16.3. The number of nitrogens with zero attached hydrogens (tertiary/aromatic N) is 2. The van der Waals surface area contributed by atoms with Crippen molar-refractivity contribution in [1.82, 2.24) is 9.80 Å². The molecular formula is C19H21Cl2FN2O3. The highest BCUT2D eigenvalue weighted by Crippen LogP contribution is 2.33. The van der Waals surface area contributed by atoms with Crippen LogP contribution < -0.4 is 0 Å². The lowest BCUT2D eigenvalue weighted by Gasteiger charge is -2.38. The quantitative estimate of drug-likeness (QED) is 0.561. The molecule has 2 aliphatic rings. The molecule has 8 heteroatoms. The minimum Gasteiger partial charge on any atom is -0.370 e. The lowest BCUT2D eigenvalue weighted by Crippen LogP contribution is -2.49. The van der Waals surface area contributed by atoms with Gasteiger partial charge in [0, 0.05) is 30.2 Å². The highest BCUT2D eigenvalue weighted by Gasteiger charge is 2.34. The molecule has 27 heavy (non-hydrogen) atoms. The number of rotatable bonds is 3. The maximum Gasteiger partial charge on any atom is 0.245 e. The Hall–Kier alpha value is -1.63. The second-order valence-electron chi connectivity index (χ2n) is 6.76. The van der Waals surface area contributed by atoms with E-state index in [1.54, 1.807) is 9.80 Å². The van der Waals surface area contributed by atoms with E-state index >= 15 is 0 Å². The molecule has 0 aliphatic carbocycles. The molecule has 0 spiro atoms. The van der Waals surface area contributed by atoms with Crippen molar-refractivity contribution in [1.29, 1.82) is 0 Å². The molecule has 0 aromatic heterocycles. The Bertz CT molecular complexity index is 759. The summed E-state index contributed by atoms with van der Waals surface area (Å²) in [6, 6.07) is 2.60. The predicted octanol–water partition coefficient (Wildman–Crippen LogP) is 3.46. The van der Waals surface area contributed by atoms with E-state index in [4.69, 9.17) is 27.9 Å². The van der Waals surface area contributed by atoms with Crippen LogP contribution in [0.1, 0.15) is 24.5 Å². The third-order valence-corrected chi connectivity index (χ3v) is 5.64. The van der Waals surface area contributed by atoms with Gasteiger partial charge in [0.25, 0.3) is 0 Å². The summed E-state index contributed by atoms with van der Waals surface area (Å²) >= 11 is 11.9. The van der Waals surface area contributed by atoms with E-state index in [2.05, 4.69) is 6.58 Å². The number of halogens is 3. The first-order valence-electron chi connectivity index (χ1n) is 8.87. The van der Waals surface area contributed by atoms with E-state index in [0.29, 0.717) is 36.8 Å². The number of carbonyl (C=O) groups excluding carboxylic acids is 2. The summed E-state index contributed by atoms with van der Waals surface area (Å²) in [4.78, 5) is 28.2. The minimum atomic E-state index is -0.575. The number of ether oxygens (including phenoxy) is 1. The molecule has 2 fully saturated rings. The fraction of sp³-hybridized carbons (Fsp3) is 0.474. The normalized spacial score (nSPS) is 23.2. The van der Waals surface area contributed by atoms with Crippen molar-refractivity contribution in [3.05, 3.63) is 46.2 Å². The molecular weight excluding hydrogens is 394 g/mol. The van der Waals surface area contributed by atoms with E-state index in [0.717, 1.165) is 12.8 Å². The van der Waals surface area contributed by atoms with Crippen LogP contribution in [0.25, 0.3) is 0 Å². The molecule has 0 saturated carbocycles. The fourth-order valence-electron chi connectivity index (χ4n) is 3.59. The van der Waals surface area contributed by atoms with Gasteiger partial charge < -0.3 is 14.5 Å². The number of hydrogen-bond acceptors (Lipinski definition) is 3. The smallest absolute Gasteiger partial charge is 0.245 e. The number of carbonyl (C=O) groups is 2. The Labute approximate surface area is 167 Å². The summed E-state index contributed by atoms with van der Waals surface area (Å²) in [6.45, 7) is 5.60. The van der Waals surface area contributed by atoms with Crippen molar-refractivity contribution in [2.45, 2.75) is 18.9 Å². The maximum atomic E-state index is 13.8. The predicted molar refractivity (Wildman–Crippen MR) is 101 cm³/mol. The largest absolute Gasteiger partial charge is 0.370 e. The molecule has 2 heterocycles. The molecule has 2 unspecified atom stereocenters. The van der Waals surface area contributed by atoms with Crippen LogP contribution in [-0.4, -0.2) is 54.4 Å². The van der Waals surface area contributed by atoms with Crippen LogP contribution >= 0.6 is 23.2 Å². The standard InChI is InChI=1S/C19H21Cl2FN2O3/c1-2-18(25)23-5-3-4-12(10-23)19(26)24-6-7-27-17(11-24)13-8-16(22)15(21)9-14(13)20/h2,8-9,12,17H,1,3-7,10-11H2. The molecule has 3 rings (SSSR count). The number of amides is 2. The lowest BCUT2D eigenvalue weighted by molar-refractivity contribution is -0.146. The van der Waals surface area contributed by atoms with E-state index in [1.807, 2.05) is 0 Å². The summed E-state index contributed by atoms with van der Waals surface area (Å²) in [6.07, 6.45) is 2.27. The molecule has 0 bridgehead atoms. The van der Waals surface area contributed by atoms with Gasteiger partial charge in [0.1, 0.15) is 11.9 Å². The molecule has 5 nitrogen and oxygen atoms in total. The van der Waals surface area contributed by atoms with Gasteiger partial charge in [-0.05, 0) is 31.1 Å². The number of benzene rings is 1. The van der Waals surface area contributed by atoms with Crippen LogP contribution in [0.3, 0.4) is 0 Å². The second-order valence-corrected chi connectivity index (χ2v) is 7.57. The van der Waals surface area contributed by atoms with Crippen LogP contribution in [0, 0.1) is 11.7 Å². The number of hydrogen-bond donors (Lipinski definition) is 0. The Morgan fingerprint density at radius 2 is 1.96 bits per heavy atom. The SMILES string of the molecule is C=CC(=O)N1CCCC(C(=O)N2CCOC(c3cc(F)c(Cl)cc3Cl)C2)C1. The Balaban J connectivity index is 1.70. The second kappa shape index (κ2) is 8.59. The molecule has 2 atom stereocenters. The molecule has 2 amide bonds. The summed E-state index contributed by atoms with van der Waals surface area (Å²) in [7, 11) is 0. The first-order chi connectivity index (χ1) is 12.9. The molecule has 2 aliphatic heterocycles. The Morgan fingerprint density at radius 3 is 2.70 bits per heavy atom. The molecule has 2 saturated heterocycles. The fourth-order valence-corrected chi connectivity index (χ4v) is 4.09. The summed E-state index contributed by atoms with van der Waals surface area (Å²) < 4.78 is 19.6. The van der Waals surface area contributed by atoms with Crippen LogP contribution in [-0.2, 0) is 14.3 Å². The van der Waals surface area contributed by atoms with Crippen LogP contribution in [0.4, 0.5) is 4.39 Å². The van der Waals surface area contributed by atoms with E-state index < -0.39 is 11.9 Å². The van der Waals surface area contributed by atoms with Crippen molar-refractivity contribution in [2.75, 3.05) is 32.8 Å². The van der Waals surface area contributed by atoms with Gasteiger partial charge in [-0.3, -0.25) is 9.59 Å². The third-order valence-electron chi connectivity index (χ3n) is 5.02. The maximum absolute atomic E-state index is 13.8.